The summed E-state index contributed by atoms with van der Waals surface area (Å²) in [6.45, 7) is 0. The van der Waals surface area contributed by atoms with Crippen LogP contribution in [0.1, 0.15) is 11.1 Å². The van der Waals surface area contributed by atoms with Gasteiger partial charge in [-0.2, -0.15) is 0 Å². The lowest BCUT2D eigenvalue weighted by molar-refractivity contribution is -0.0323. The Labute approximate surface area is 255 Å². The Hall–Kier alpha value is -2.25. The molecule has 0 atom stereocenters. The van der Waals surface area contributed by atoms with E-state index in [9.17, 15) is 0 Å². The van der Waals surface area contributed by atoms with Crippen LogP contribution in [0.3, 0.4) is 0 Å². The molecule has 6 aliphatic rings. The highest BCUT2D eigenvalue weighted by Crippen LogP contribution is 2.99. The number of hydrogen-bond donors (Lipinski definition) is 0. The van der Waals surface area contributed by atoms with E-state index in [-0.39, 0.29) is 0 Å². The van der Waals surface area contributed by atoms with Crippen LogP contribution < -0.4 is 10.4 Å². The number of rotatable bonds is 6. The third-order valence-corrected chi connectivity index (χ3v) is 24.5. The van der Waals surface area contributed by atoms with Gasteiger partial charge in [0.15, 0.2) is 0 Å². The number of benzene rings is 4. The summed E-state index contributed by atoms with van der Waals surface area (Å²) in [6.07, 6.45) is 5.00. The Morgan fingerprint density at radius 1 is 0.425 bits per heavy atom. The average Bonchev–Trinajstić information content (AvgIpc) is 3.48. The topological polar surface area (TPSA) is 0 Å². The lowest BCUT2D eigenvalue weighted by atomic mass is 9.45. The Balaban J connectivity index is 1.15. The molecule has 40 heavy (non-hydrogen) atoms. The summed E-state index contributed by atoms with van der Waals surface area (Å²) >= 11 is 7.24. The van der Waals surface area contributed by atoms with E-state index in [4.69, 9.17) is 0 Å². The van der Waals surface area contributed by atoms with Crippen molar-refractivity contribution in [3.8, 4) is 0 Å². The lowest BCUT2D eigenvalue weighted by Crippen LogP contribution is -2.60. The summed E-state index contributed by atoms with van der Waals surface area (Å²) in [5, 5.41) is 3.41. The van der Waals surface area contributed by atoms with Gasteiger partial charge < -0.3 is 0 Å². The van der Waals surface area contributed by atoms with E-state index in [2.05, 4.69) is 165 Å². The molecule has 2 saturated carbocycles. The molecule has 0 nitrogen and oxygen atoms in total. The van der Waals surface area contributed by atoms with Gasteiger partial charge in [0.2, 0.25) is 0 Å². The van der Waals surface area contributed by atoms with Crippen molar-refractivity contribution in [3.63, 3.8) is 0 Å². The van der Waals surface area contributed by atoms with E-state index in [1.165, 1.54) is 11.1 Å². The fourth-order valence-corrected chi connectivity index (χ4v) is 27.0. The van der Waals surface area contributed by atoms with Crippen molar-refractivity contribution in [1.82, 2.24) is 0 Å². The second kappa shape index (κ2) is 8.64. The first-order valence-electron chi connectivity index (χ1n) is 14.7. The standard InChI is InChI=1S/C36H30Br2Si2/c37-25-15-11-23(12-16-25)19-21-39(27-7-3-1-4-8-27)33-29-30-34(39)32-31(33)35(29)40(36(30)32,28-9-5-2-6-10-28)22-20-24-13-17-26(38)18-14-24/h1-22,29-36H/b21-19+,22-20+. The van der Waals surface area contributed by atoms with Crippen LogP contribution in [-0.2, 0) is 0 Å². The van der Waals surface area contributed by atoms with Crippen molar-refractivity contribution in [2.45, 2.75) is 22.2 Å². The van der Waals surface area contributed by atoms with E-state index in [0.29, 0.717) is 0 Å². The van der Waals surface area contributed by atoms with Crippen LogP contribution in [0.2, 0.25) is 22.2 Å². The maximum absolute atomic E-state index is 3.62. The van der Waals surface area contributed by atoms with Gasteiger partial charge in [0, 0.05) is 8.95 Å². The minimum atomic E-state index is -1.79. The van der Waals surface area contributed by atoms with Crippen molar-refractivity contribution in [1.29, 1.82) is 0 Å². The Bertz CT molecular complexity index is 1490. The monoisotopic (exact) mass is 676 g/mol. The third kappa shape index (κ3) is 2.91. The molecule has 4 heteroatoms. The van der Waals surface area contributed by atoms with Crippen LogP contribution >= 0.6 is 31.9 Å². The zero-order valence-corrected chi connectivity index (χ0v) is 27.2. The highest BCUT2D eigenvalue weighted by molar-refractivity contribution is 9.10. The normalized spacial score (nSPS) is 39.2. The minimum Gasteiger partial charge on any atom is -0.0888 e. The molecular weight excluding hydrogens is 648 g/mol. The Morgan fingerprint density at radius 2 is 0.750 bits per heavy atom. The summed E-state index contributed by atoms with van der Waals surface area (Å²) in [6, 6.07) is 41.4. The van der Waals surface area contributed by atoms with Crippen LogP contribution in [0.4, 0.5) is 0 Å². The lowest BCUT2D eigenvalue weighted by Gasteiger charge is -2.59. The van der Waals surface area contributed by atoms with Gasteiger partial charge in [-0.15, -0.1) is 0 Å². The second-order valence-corrected chi connectivity index (χ2v) is 22.8. The molecule has 2 aliphatic carbocycles. The number of hydrogen-bond acceptors (Lipinski definition) is 0. The highest BCUT2D eigenvalue weighted by Gasteiger charge is 2.96. The first-order valence-corrected chi connectivity index (χ1v) is 20.7. The molecule has 0 spiro atoms. The van der Waals surface area contributed by atoms with E-state index >= 15 is 0 Å². The molecule has 0 aromatic heterocycles. The quantitative estimate of drug-likeness (QED) is 0.179. The molecule has 4 bridgehead atoms. The molecule has 196 valence electrons. The summed E-state index contributed by atoms with van der Waals surface area (Å²) in [5.41, 5.74) is 12.0. The smallest absolute Gasteiger partial charge is 0.0888 e. The van der Waals surface area contributed by atoms with Gasteiger partial charge in [0.25, 0.3) is 0 Å². The van der Waals surface area contributed by atoms with Gasteiger partial charge in [0.1, 0.15) is 16.1 Å². The van der Waals surface area contributed by atoms with E-state index in [1.54, 1.807) is 10.4 Å². The first-order chi connectivity index (χ1) is 19.6. The molecular formula is C36H30Br2Si2. The van der Waals surface area contributed by atoms with Crippen molar-refractivity contribution in [2.24, 2.45) is 23.7 Å². The van der Waals surface area contributed by atoms with Gasteiger partial charge in [-0.1, -0.05) is 151 Å². The fraction of sp³-hybridized carbons (Fsp3) is 0.222. The maximum atomic E-state index is 3.62. The highest BCUT2D eigenvalue weighted by atomic mass is 79.9. The predicted octanol–water partition coefficient (Wildman–Crippen LogP) is 8.74. The summed E-state index contributed by atoms with van der Waals surface area (Å²) in [5.74, 6) is 3.75. The molecule has 0 unspecified atom stereocenters. The molecule has 0 N–H and O–H groups in total. The van der Waals surface area contributed by atoms with Gasteiger partial charge in [0.05, 0.1) is 0 Å². The van der Waals surface area contributed by atoms with E-state index in [0.717, 1.165) is 54.8 Å². The zero-order chi connectivity index (χ0) is 26.6. The SMILES string of the molecule is Brc1ccc(/C=C/[Si]2(c3ccccc3)C3C4C5C2C2C3C4[Si](/C=C/c3ccc(Br)cc3)(c3ccccc3)C52)cc1. The molecule has 4 heterocycles. The van der Waals surface area contributed by atoms with Crippen molar-refractivity contribution < 1.29 is 0 Å². The minimum absolute atomic E-state index is 0.932. The van der Waals surface area contributed by atoms with E-state index < -0.39 is 16.1 Å². The molecule has 0 radical (unpaired) electrons. The van der Waals surface area contributed by atoms with Gasteiger partial charge >= 0.3 is 0 Å². The van der Waals surface area contributed by atoms with Gasteiger partial charge in [-0.3, -0.25) is 0 Å². The van der Waals surface area contributed by atoms with Crippen LogP contribution in [0.25, 0.3) is 12.2 Å². The number of halogens is 2. The van der Waals surface area contributed by atoms with Crippen LogP contribution in [0.5, 0.6) is 0 Å². The molecule has 4 aliphatic heterocycles. The molecule has 0 amide bonds. The van der Waals surface area contributed by atoms with Crippen LogP contribution in [-0.4, -0.2) is 16.1 Å². The predicted molar refractivity (Wildman–Crippen MR) is 179 cm³/mol. The molecule has 4 aromatic rings. The summed E-state index contributed by atoms with van der Waals surface area (Å²) in [4.78, 5) is 0. The maximum Gasteiger partial charge on any atom is 0.117 e. The van der Waals surface area contributed by atoms with Crippen molar-refractivity contribution >= 4 is 70.5 Å². The zero-order valence-electron chi connectivity index (χ0n) is 22.1. The van der Waals surface area contributed by atoms with Gasteiger partial charge in [-0.25, -0.2) is 0 Å². The first kappa shape index (κ1) is 24.4. The van der Waals surface area contributed by atoms with Crippen molar-refractivity contribution in [2.75, 3.05) is 0 Å². The molecule has 4 saturated heterocycles. The molecule has 6 fully saturated rings. The van der Waals surface area contributed by atoms with Crippen LogP contribution in [0, 0.1) is 23.7 Å². The average molecular weight is 679 g/mol. The summed E-state index contributed by atoms with van der Waals surface area (Å²) in [7, 11) is -3.59. The molecule has 4 aromatic carbocycles. The van der Waals surface area contributed by atoms with Crippen LogP contribution in [0.15, 0.2) is 130 Å². The van der Waals surface area contributed by atoms with Crippen molar-refractivity contribution in [3.05, 3.63) is 141 Å². The Morgan fingerprint density at radius 3 is 1.07 bits per heavy atom. The summed E-state index contributed by atoms with van der Waals surface area (Å²) < 4.78 is 2.31. The molecule has 10 rings (SSSR count). The Kier molecular flexibility index (Phi) is 5.26. The second-order valence-electron chi connectivity index (χ2n) is 12.8. The largest absolute Gasteiger partial charge is 0.117 e. The van der Waals surface area contributed by atoms with E-state index in [1.807, 2.05) is 0 Å². The fourth-order valence-electron chi connectivity index (χ4n) is 11.0. The van der Waals surface area contributed by atoms with Gasteiger partial charge in [-0.05, 0) is 81.2 Å². The third-order valence-electron chi connectivity index (χ3n) is 11.8.